The third-order valence-electron chi connectivity index (χ3n) is 3.80. The number of halogens is 1. The molecule has 0 saturated heterocycles. The van der Waals surface area contributed by atoms with E-state index < -0.39 is 16.0 Å². The van der Waals surface area contributed by atoms with Crippen molar-refractivity contribution in [2.24, 2.45) is 16.5 Å². The molecule has 2 aromatic rings. The van der Waals surface area contributed by atoms with Crippen LogP contribution in [0.15, 0.2) is 57.2 Å². The van der Waals surface area contributed by atoms with Gasteiger partial charge in [-0.2, -0.15) is 4.31 Å². The smallest absolute Gasteiger partial charge is 0.300 e. The number of aliphatic carboxylic acids is 1. The highest BCUT2D eigenvalue weighted by atomic mass is 35.5. The largest absolute Gasteiger partial charge is 0.481 e. The fraction of sp³-hybridized carbons (Fsp3) is 0.250. The number of aliphatic imine (C=N–C) groups is 1. The van der Waals surface area contributed by atoms with E-state index in [1.165, 1.54) is 16.4 Å². The molecule has 5 N–H and O–H groups in total. The first kappa shape index (κ1) is 27.4. The molecule has 2 aromatic carbocycles. The van der Waals surface area contributed by atoms with Crippen LogP contribution in [0.3, 0.4) is 0 Å². The van der Waals surface area contributed by atoms with E-state index in [0.717, 1.165) is 18.7 Å². The topological polar surface area (TPSA) is 156 Å². The first-order valence-electron chi connectivity index (χ1n) is 9.33. The molecule has 0 amide bonds. The number of nitrogens with two attached hydrogens (primary N) is 2. The zero-order valence-corrected chi connectivity index (χ0v) is 20.2. The Kier molecular flexibility index (Phi) is 10.7. The lowest BCUT2D eigenvalue weighted by Gasteiger charge is -2.19. The lowest BCUT2D eigenvalue weighted by molar-refractivity contribution is -0.134. The van der Waals surface area contributed by atoms with Crippen LogP contribution >= 0.6 is 23.4 Å². The number of guanidine groups is 1. The second kappa shape index (κ2) is 12.4. The maximum Gasteiger partial charge on any atom is 0.300 e. The van der Waals surface area contributed by atoms with Crippen LogP contribution < -0.4 is 11.5 Å². The number of benzene rings is 2. The van der Waals surface area contributed by atoms with Crippen LogP contribution in [-0.4, -0.2) is 48.0 Å². The second-order valence-corrected chi connectivity index (χ2v) is 9.53. The van der Waals surface area contributed by atoms with E-state index in [4.69, 9.17) is 33.0 Å². The quantitative estimate of drug-likeness (QED) is 0.297. The maximum atomic E-state index is 12.6. The number of rotatable bonds is 7. The number of hydrogen-bond donors (Lipinski definition) is 3. The van der Waals surface area contributed by atoms with E-state index in [0.29, 0.717) is 29.2 Å². The molecular formula is C20H25ClN4O5S2. The predicted molar refractivity (Wildman–Crippen MR) is 127 cm³/mol. The van der Waals surface area contributed by atoms with Crippen LogP contribution in [0.1, 0.15) is 31.1 Å². The molecule has 0 aromatic heterocycles. The van der Waals surface area contributed by atoms with Gasteiger partial charge in [-0.3, -0.25) is 9.59 Å². The average molecular weight is 501 g/mol. The van der Waals surface area contributed by atoms with E-state index in [-0.39, 0.29) is 21.0 Å². The molecule has 0 radical (unpaired) electrons. The van der Waals surface area contributed by atoms with Crippen molar-refractivity contribution in [2.75, 3.05) is 13.1 Å². The van der Waals surface area contributed by atoms with Crippen molar-refractivity contribution < 1.29 is 23.1 Å². The lowest BCUT2D eigenvalue weighted by atomic mass is 10.2. The van der Waals surface area contributed by atoms with Gasteiger partial charge in [-0.1, -0.05) is 25.4 Å². The molecule has 0 unspecified atom stereocenters. The molecule has 0 spiro atoms. The van der Waals surface area contributed by atoms with Gasteiger partial charge in [-0.15, -0.1) is 0 Å². The summed E-state index contributed by atoms with van der Waals surface area (Å²) in [5.74, 6) is -0.900. The Bertz CT molecular complexity index is 1080. The highest BCUT2D eigenvalue weighted by Gasteiger charge is 2.24. The Labute approximate surface area is 196 Å². The SMILES string of the molecule is CC(=O)O.CCN(CC)S(=O)(=O)c1ccc(SC(=O)c2ccc(N=C(N)N)cc2)cc1Cl. The van der Waals surface area contributed by atoms with Crippen molar-refractivity contribution in [3.05, 3.63) is 53.1 Å². The van der Waals surface area contributed by atoms with Crippen molar-refractivity contribution in [3.63, 3.8) is 0 Å². The number of carboxylic acid groups (broad SMARTS) is 1. The Morgan fingerprint density at radius 3 is 2.06 bits per heavy atom. The summed E-state index contributed by atoms with van der Waals surface area (Å²) in [5, 5.41) is 7.28. The minimum absolute atomic E-state index is 0.0243. The van der Waals surface area contributed by atoms with Crippen molar-refractivity contribution in [1.29, 1.82) is 0 Å². The number of hydrogen-bond acceptors (Lipinski definition) is 6. The molecule has 2 rings (SSSR count). The summed E-state index contributed by atoms with van der Waals surface area (Å²) in [5.41, 5.74) is 11.6. The van der Waals surface area contributed by atoms with Gasteiger partial charge < -0.3 is 16.6 Å². The molecule has 0 aliphatic rings. The predicted octanol–water partition coefficient (Wildman–Crippen LogP) is 3.30. The summed E-state index contributed by atoms with van der Waals surface area (Å²) in [6.45, 7) is 5.30. The number of sulfonamides is 1. The van der Waals surface area contributed by atoms with Gasteiger partial charge in [0.1, 0.15) is 4.90 Å². The van der Waals surface area contributed by atoms with Gasteiger partial charge in [0.15, 0.2) is 5.96 Å². The lowest BCUT2D eigenvalue weighted by Crippen LogP contribution is -2.30. The van der Waals surface area contributed by atoms with Crippen LogP contribution in [0.4, 0.5) is 5.69 Å². The molecular weight excluding hydrogens is 476 g/mol. The molecule has 0 heterocycles. The molecule has 174 valence electrons. The normalized spacial score (nSPS) is 10.8. The average Bonchev–Trinajstić information content (AvgIpc) is 2.68. The highest BCUT2D eigenvalue weighted by molar-refractivity contribution is 8.14. The van der Waals surface area contributed by atoms with Gasteiger partial charge in [-0.25, -0.2) is 13.4 Å². The fourth-order valence-electron chi connectivity index (χ4n) is 2.44. The first-order valence-corrected chi connectivity index (χ1v) is 12.0. The Balaban J connectivity index is 0.00000118. The molecule has 0 saturated carbocycles. The molecule has 0 bridgehead atoms. The zero-order chi connectivity index (χ0) is 24.5. The summed E-state index contributed by atoms with van der Waals surface area (Å²) in [6.07, 6.45) is 0. The van der Waals surface area contributed by atoms with Gasteiger partial charge in [0, 0.05) is 30.5 Å². The van der Waals surface area contributed by atoms with Gasteiger partial charge in [0.2, 0.25) is 15.1 Å². The van der Waals surface area contributed by atoms with Gasteiger partial charge in [0.25, 0.3) is 5.97 Å². The van der Waals surface area contributed by atoms with Crippen molar-refractivity contribution in [3.8, 4) is 0 Å². The monoisotopic (exact) mass is 500 g/mol. The number of nitrogens with zero attached hydrogens (tertiary/aromatic N) is 2. The molecule has 0 atom stereocenters. The van der Waals surface area contributed by atoms with Gasteiger partial charge in [-0.05, 0) is 54.2 Å². The van der Waals surface area contributed by atoms with E-state index in [2.05, 4.69) is 4.99 Å². The van der Waals surface area contributed by atoms with E-state index in [9.17, 15) is 13.2 Å². The second-order valence-electron chi connectivity index (χ2n) is 6.17. The molecule has 12 heteroatoms. The standard InChI is InChI=1S/C18H21ClN4O3S2.C2H4O2/c1-3-23(4-2)28(25,26)16-10-9-14(11-15(16)19)27-17(24)12-5-7-13(8-6-12)22-18(20)21;1-2(3)4/h5-11H,3-4H2,1-2H3,(H4,20,21,22);1H3,(H,3,4). The Morgan fingerprint density at radius 1 is 1.09 bits per heavy atom. The molecule has 0 fully saturated rings. The van der Waals surface area contributed by atoms with E-state index in [1.807, 2.05) is 0 Å². The molecule has 0 aliphatic carbocycles. The number of carbonyl (C=O) groups is 2. The zero-order valence-electron chi connectivity index (χ0n) is 17.8. The summed E-state index contributed by atoms with van der Waals surface area (Å²) >= 11 is 7.15. The number of carbonyl (C=O) groups excluding carboxylic acids is 1. The number of thioether (sulfide) groups is 1. The maximum absolute atomic E-state index is 12.6. The van der Waals surface area contributed by atoms with Crippen LogP contribution in [0.5, 0.6) is 0 Å². The van der Waals surface area contributed by atoms with Crippen molar-refractivity contribution >= 4 is 56.1 Å². The summed E-state index contributed by atoms with van der Waals surface area (Å²) in [6, 6.07) is 10.9. The minimum Gasteiger partial charge on any atom is -0.481 e. The van der Waals surface area contributed by atoms with E-state index >= 15 is 0 Å². The van der Waals surface area contributed by atoms with Crippen molar-refractivity contribution in [1.82, 2.24) is 4.31 Å². The van der Waals surface area contributed by atoms with Gasteiger partial charge >= 0.3 is 0 Å². The molecule has 9 nitrogen and oxygen atoms in total. The van der Waals surface area contributed by atoms with Crippen molar-refractivity contribution in [2.45, 2.75) is 30.6 Å². The van der Waals surface area contributed by atoms with Crippen LogP contribution in [0, 0.1) is 0 Å². The van der Waals surface area contributed by atoms with Crippen LogP contribution in [0.25, 0.3) is 0 Å². The Morgan fingerprint density at radius 2 is 1.62 bits per heavy atom. The van der Waals surface area contributed by atoms with Crippen LogP contribution in [-0.2, 0) is 14.8 Å². The highest BCUT2D eigenvalue weighted by Crippen LogP contribution is 2.31. The first-order chi connectivity index (χ1) is 14.9. The summed E-state index contributed by atoms with van der Waals surface area (Å²) < 4.78 is 26.6. The summed E-state index contributed by atoms with van der Waals surface area (Å²) in [7, 11) is -3.67. The third-order valence-corrected chi connectivity index (χ3v) is 7.24. The summed E-state index contributed by atoms with van der Waals surface area (Å²) in [4.78, 5) is 25.9. The third kappa shape index (κ3) is 8.15. The minimum atomic E-state index is -3.67. The van der Waals surface area contributed by atoms with Crippen LogP contribution in [0.2, 0.25) is 5.02 Å². The Hall–Kier alpha value is -2.60. The molecule has 0 aliphatic heterocycles. The number of carboxylic acids is 1. The van der Waals surface area contributed by atoms with E-state index in [1.54, 1.807) is 44.2 Å². The fourth-order valence-corrected chi connectivity index (χ4v) is 5.27. The molecule has 32 heavy (non-hydrogen) atoms. The van der Waals surface area contributed by atoms with Gasteiger partial charge in [0.05, 0.1) is 10.7 Å².